The molecule has 2 aromatic carbocycles. The molecule has 120 valence electrons. The molecule has 2 N–H and O–H groups in total. The Morgan fingerprint density at radius 2 is 1.87 bits per heavy atom. The van der Waals surface area contributed by atoms with E-state index in [0.717, 1.165) is 5.56 Å². The van der Waals surface area contributed by atoms with Crippen LogP contribution < -0.4 is 15.4 Å². The summed E-state index contributed by atoms with van der Waals surface area (Å²) in [5.74, 6) is -0.0952. The van der Waals surface area contributed by atoms with Gasteiger partial charge in [0.15, 0.2) is 6.61 Å². The monoisotopic (exact) mass is 332 g/mol. The van der Waals surface area contributed by atoms with E-state index in [1.165, 1.54) is 6.92 Å². The SMILES string of the molecule is CC(=O)Nc1ccccc1OCC(=O)Nc1ccc(C)c(Cl)c1. The first-order valence-corrected chi connectivity index (χ1v) is 7.39. The summed E-state index contributed by atoms with van der Waals surface area (Å²) in [5.41, 5.74) is 2.06. The van der Waals surface area contributed by atoms with E-state index in [9.17, 15) is 9.59 Å². The number of rotatable bonds is 5. The van der Waals surface area contributed by atoms with E-state index < -0.39 is 0 Å². The molecule has 0 aliphatic rings. The third kappa shape index (κ3) is 5.00. The highest BCUT2D eigenvalue weighted by Gasteiger charge is 2.08. The van der Waals surface area contributed by atoms with Gasteiger partial charge in [-0.25, -0.2) is 0 Å². The van der Waals surface area contributed by atoms with Gasteiger partial charge in [-0.15, -0.1) is 0 Å². The molecule has 6 heteroatoms. The van der Waals surface area contributed by atoms with Gasteiger partial charge in [0.25, 0.3) is 5.91 Å². The van der Waals surface area contributed by atoms with Crippen molar-refractivity contribution in [1.82, 2.24) is 0 Å². The van der Waals surface area contributed by atoms with Gasteiger partial charge in [-0.1, -0.05) is 29.8 Å². The first-order chi connectivity index (χ1) is 11.0. The predicted molar refractivity (Wildman–Crippen MR) is 91.1 cm³/mol. The molecule has 2 rings (SSSR count). The number of nitrogens with one attached hydrogen (secondary N) is 2. The molecule has 0 saturated heterocycles. The van der Waals surface area contributed by atoms with E-state index in [1.807, 2.05) is 13.0 Å². The largest absolute Gasteiger partial charge is 0.482 e. The second kappa shape index (κ2) is 7.65. The van der Waals surface area contributed by atoms with Gasteiger partial charge >= 0.3 is 0 Å². The molecule has 0 bridgehead atoms. The zero-order chi connectivity index (χ0) is 16.8. The van der Waals surface area contributed by atoms with Gasteiger partial charge in [0.2, 0.25) is 5.91 Å². The molecule has 0 aliphatic carbocycles. The Balaban J connectivity index is 1.96. The molecule has 2 aromatic rings. The summed E-state index contributed by atoms with van der Waals surface area (Å²) in [6.45, 7) is 3.11. The second-order valence-electron chi connectivity index (χ2n) is 4.98. The number of carbonyl (C=O) groups is 2. The van der Waals surface area contributed by atoms with Crippen LogP contribution >= 0.6 is 11.6 Å². The molecule has 2 amide bonds. The summed E-state index contributed by atoms with van der Waals surface area (Å²) in [6, 6.07) is 12.2. The molecule has 0 spiro atoms. The van der Waals surface area contributed by atoms with Crippen molar-refractivity contribution >= 4 is 34.8 Å². The molecule has 0 atom stereocenters. The maximum absolute atomic E-state index is 11.9. The Labute approximate surface area is 139 Å². The van der Waals surface area contributed by atoms with Gasteiger partial charge in [-0.05, 0) is 36.8 Å². The standard InChI is InChI=1S/C17H17ClN2O3/c1-11-7-8-13(9-14(11)18)20-17(22)10-23-16-6-4-3-5-15(16)19-12(2)21/h3-9H,10H2,1-2H3,(H,19,21)(H,20,22). The summed E-state index contributed by atoms with van der Waals surface area (Å²) < 4.78 is 5.47. The lowest BCUT2D eigenvalue weighted by Gasteiger charge is -2.12. The number of hydrogen-bond acceptors (Lipinski definition) is 3. The van der Waals surface area contributed by atoms with Crippen LogP contribution in [-0.2, 0) is 9.59 Å². The van der Waals surface area contributed by atoms with Crippen LogP contribution in [0.15, 0.2) is 42.5 Å². The fourth-order valence-corrected chi connectivity index (χ4v) is 2.08. The van der Waals surface area contributed by atoms with E-state index in [-0.39, 0.29) is 18.4 Å². The van der Waals surface area contributed by atoms with E-state index >= 15 is 0 Å². The Hall–Kier alpha value is -2.53. The number of ether oxygens (including phenoxy) is 1. The van der Waals surface area contributed by atoms with Crippen molar-refractivity contribution in [3.8, 4) is 5.75 Å². The molecule has 0 unspecified atom stereocenters. The summed E-state index contributed by atoms with van der Waals surface area (Å²) >= 11 is 6.02. The lowest BCUT2D eigenvalue weighted by molar-refractivity contribution is -0.118. The minimum atomic E-state index is -0.317. The van der Waals surface area contributed by atoms with Gasteiger partial charge in [0, 0.05) is 17.6 Å². The van der Waals surface area contributed by atoms with Crippen LogP contribution in [-0.4, -0.2) is 18.4 Å². The van der Waals surface area contributed by atoms with E-state index in [0.29, 0.717) is 22.1 Å². The quantitative estimate of drug-likeness (QED) is 0.878. The number of carbonyl (C=O) groups excluding carboxylic acids is 2. The highest BCUT2D eigenvalue weighted by atomic mass is 35.5. The average molecular weight is 333 g/mol. The Morgan fingerprint density at radius 1 is 1.13 bits per heavy atom. The number of amides is 2. The molecule has 0 radical (unpaired) electrons. The zero-order valence-electron chi connectivity index (χ0n) is 12.9. The van der Waals surface area contributed by atoms with Crippen molar-refractivity contribution in [1.29, 1.82) is 0 Å². The first kappa shape index (κ1) is 16.8. The molecule has 0 heterocycles. The minimum absolute atomic E-state index is 0.178. The molecule has 0 aromatic heterocycles. The summed E-state index contributed by atoms with van der Waals surface area (Å²) in [6.07, 6.45) is 0. The average Bonchev–Trinajstić information content (AvgIpc) is 2.49. The number of halogens is 1. The maximum Gasteiger partial charge on any atom is 0.262 e. The van der Waals surface area contributed by atoms with Gasteiger partial charge in [0.1, 0.15) is 5.75 Å². The Morgan fingerprint density at radius 3 is 2.57 bits per heavy atom. The van der Waals surface area contributed by atoms with E-state index in [2.05, 4.69) is 10.6 Å². The van der Waals surface area contributed by atoms with Gasteiger partial charge < -0.3 is 15.4 Å². The topological polar surface area (TPSA) is 67.4 Å². The number of para-hydroxylation sites is 2. The van der Waals surface area contributed by atoms with Gasteiger partial charge in [-0.2, -0.15) is 0 Å². The Bertz CT molecular complexity index is 732. The van der Waals surface area contributed by atoms with Crippen LogP contribution in [0.2, 0.25) is 5.02 Å². The number of aryl methyl sites for hydroxylation is 1. The zero-order valence-corrected chi connectivity index (χ0v) is 13.6. The van der Waals surface area contributed by atoms with Crippen molar-refractivity contribution in [3.05, 3.63) is 53.1 Å². The Kier molecular flexibility index (Phi) is 5.60. The van der Waals surface area contributed by atoms with Crippen LogP contribution in [0.1, 0.15) is 12.5 Å². The maximum atomic E-state index is 11.9. The van der Waals surface area contributed by atoms with Gasteiger partial charge in [0.05, 0.1) is 5.69 Å². The van der Waals surface area contributed by atoms with Gasteiger partial charge in [-0.3, -0.25) is 9.59 Å². The molecule has 0 saturated carbocycles. The third-order valence-corrected chi connectivity index (χ3v) is 3.42. The molecule has 0 aliphatic heterocycles. The molecular formula is C17H17ClN2O3. The predicted octanol–water partition coefficient (Wildman–Crippen LogP) is 3.62. The summed E-state index contributed by atoms with van der Waals surface area (Å²) in [4.78, 5) is 23.1. The first-order valence-electron chi connectivity index (χ1n) is 7.01. The number of anilines is 2. The van der Waals surface area contributed by atoms with Crippen molar-refractivity contribution in [3.63, 3.8) is 0 Å². The summed E-state index contributed by atoms with van der Waals surface area (Å²) in [7, 11) is 0. The number of hydrogen-bond donors (Lipinski definition) is 2. The normalized spacial score (nSPS) is 10.0. The highest BCUT2D eigenvalue weighted by molar-refractivity contribution is 6.31. The smallest absolute Gasteiger partial charge is 0.262 e. The molecule has 23 heavy (non-hydrogen) atoms. The fraction of sp³-hybridized carbons (Fsp3) is 0.176. The molecule has 0 fully saturated rings. The van der Waals surface area contributed by atoms with Crippen LogP contribution in [0.25, 0.3) is 0 Å². The van der Waals surface area contributed by atoms with Crippen molar-refractivity contribution in [2.24, 2.45) is 0 Å². The highest BCUT2D eigenvalue weighted by Crippen LogP contribution is 2.24. The van der Waals surface area contributed by atoms with E-state index in [1.54, 1.807) is 36.4 Å². The fourth-order valence-electron chi connectivity index (χ4n) is 1.90. The molecule has 5 nitrogen and oxygen atoms in total. The van der Waals surface area contributed by atoms with Crippen LogP contribution in [0.4, 0.5) is 11.4 Å². The van der Waals surface area contributed by atoms with Crippen LogP contribution in [0, 0.1) is 6.92 Å². The minimum Gasteiger partial charge on any atom is -0.482 e. The molecular weight excluding hydrogens is 316 g/mol. The lowest BCUT2D eigenvalue weighted by atomic mass is 10.2. The van der Waals surface area contributed by atoms with Crippen molar-refractivity contribution in [2.75, 3.05) is 17.2 Å². The number of benzene rings is 2. The van der Waals surface area contributed by atoms with Crippen molar-refractivity contribution < 1.29 is 14.3 Å². The van der Waals surface area contributed by atoms with Crippen molar-refractivity contribution in [2.45, 2.75) is 13.8 Å². The second-order valence-corrected chi connectivity index (χ2v) is 5.39. The lowest BCUT2D eigenvalue weighted by Crippen LogP contribution is -2.20. The van der Waals surface area contributed by atoms with Crippen LogP contribution in [0.5, 0.6) is 5.75 Å². The third-order valence-electron chi connectivity index (χ3n) is 3.01. The van der Waals surface area contributed by atoms with Crippen LogP contribution in [0.3, 0.4) is 0 Å². The summed E-state index contributed by atoms with van der Waals surface area (Å²) in [5, 5.41) is 5.94. The van der Waals surface area contributed by atoms with E-state index in [4.69, 9.17) is 16.3 Å².